The van der Waals surface area contributed by atoms with Crippen LogP contribution in [-0.4, -0.2) is 47.3 Å². The average molecular weight is 316 g/mol. The van der Waals surface area contributed by atoms with Crippen LogP contribution in [0.4, 0.5) is 0 Å². The molecule has 1 aromatic rings. The molecule has 0 bridgehead atoms. The predicted molar refractivity (Wildman–Crippen MR) is 90.4 cm³/mol. The minimum Gasteiger partial charge on any atom is -0.370 e. The molecule has 1 heterocycles. The zero-order valence-corrected chi connectivity index (χ0v) is 13.4. The first-order valence-corrected chi connectivity index (χ1v) is 7.85. The first kappa shape index (κ1) is 16.8. The van der Waals surface area contributed by atoms with Gasteiger partial charge < -0.3 is 16.0 Å². The van der Waals surface area contributed by atoms with E-state index in [0.717, 1.165) is 31.5 Å². The second kappa shape index (κ2) is 7.62. The molecule has 5 N–H and O–H groups in total. The highest BCUT2D eigenvalue weighted by Crippen LogP contribution is 2.13. The quantitative estimate of drug-likeness (QED) is 0.493. The highest BCUT2D eigenvalue weighted by Gasteiger charge is 2.22. The van der Waals surface area contributed by atoms with Gasteiger partial charge in [0.15, 0.2) is 5.96 Å². The van der Waals surface area contributed by atoms with Gasteiger partial charge in [0.1, 0.15) is 0 Å². The highest BCUT2D eigenvalue weighted by molar-refractivity contribution is 5.96. The molecular formula is C16H24N6O. The molecular weight excluding hydrogens is 292 g/mol. The summed E-state index contributed by atoms with van der Waals surface area (Å²) in [5.74, 6) is -0.0397. The Balaban J connectivity index is 2.13. The Kier molecular flexibility index (Phi) is 5.56. The van der Waals surface area contributed by atoms with Crippen LogP contribution in [0.15, 0.2) is 24.3 Å². The van der Waals surface area contributed by atoms with Gasteiger partial charge in [-0.3, -0.25) is 20.5 Å². The molecule has 1 amide bonds. The fraction of sp³-hybridized carbons (Fsp3) is 0.438. The van der Waals surface area contributed by atoms with Crippen molar-refractivity contribution < 1.29 is 4.79 Å². The van der Waals surface area contributed by atoms with Crippen LogP contribution < -0.4 is 11.1 Å². The molecule has 0 aromatic heterocycles. The Bertz CT molecular complexity index is 594. The maximum absolute atomic E-state index is 11.9. The van der Waals surface area contributed by atoms with E-state index in [2.05, 4.69) is 5.32 Å². The molecule has 1 fully saturated rings. The van der Waals surface area contributed by atoms with Gasteiger partial charge in [0.05, 0.1) is 6.54 Å². The van der Waals surface area contributed by atoms with E-state index in [1.165, 1.54) is 4.90 Å². The number of likely N-dealkylation sites (tertiary alicyclic amines) is 1. The Morgan fingerprint density at radius 2 is 2.04 bits per heavy atom. The fourth-order valence-electron chi connectivity index (χ4n) is 2.63. The maximum atomic E-state index is 11.9. The molecule has 0 spiro atoms. The van der Waals surface area contributed by atoms with Crippen molar-refractivity contribution >= 4 is 17.8 Å². The SMILES string of the molecule is CCNC(=O)c1cccc(CN(C(=N)N)C(=N)N2CCCC2)c1. The summed E-state index contributed by atoms with van der Waals surface area (Å²) in [4.78, 5) is 15.3. The van der Waals surface area contributed by atoms with Gasteiger partial charge in [0.25, 0.3) is 5.91 Å². The Morgan fingerprint density at radius 1 is 1.35 bits per heavy atom. The Morgan fingerprint density at radius 3 is 2.65 bits per heavy atom. The van der Waals surface area contributed by atoms with Crippen molar-refractivity contribution in [3.05, 3.63) is 35.4 Å². The van der Waals surface area contributed by atoms with E-state index in [-0.39, 0.29) is 17.8 Å². The summed E-state index contributed by atoms with van der Waals surface area (Å²) >= 11 is 0. The van der Waals surface area contributed by atoms with E-state index in [9.17, 15) is 4.79 Å². The number of benzene rings is 1. The average Bonchev–Trinajstić information content (AvgIpc) is 3.06. The van der Waals surface area contributed by atoms with Gasteiger partial charge in [0, 0.05) is 25.2 Å². The third-order valence-electron chi connectivity index (χ3n) is 3.82. The van der Waals surface area contributed by atoms with Crippen LogP contribution in [0.5, 0.6) is 0 Å². The van der Waals surface area contributed by atoms with E-state index in [1.54, 1.807) is 18.2 Å². The van der Waals surface area contributed by atoms with Gasteiger partial charge in [-0.05, 0) is 37.5 Å². The van der Waals surface area contributed by atoms with Crippen LogP contribution in [0, 0.1) is 10.8 Å². The zero-order valence-electron chi connectivity index (χ0n) is 13.4. The number of rotatable bonds is 4. The molecule has 1 aliphatic heterocycles. The van der Waals surface area contributed by atoms with Crippen LogP contribution in [0.2, 0.25) is 0 Å². The lowest BCUT2D eigenvalue weighted by Gasteiger charge is -2.29. The zero-order chi connectivity index (χ0) is 16.8. The molecule has 2 rings (SSSR count). The number of carbonyl (C=O) groups is 1. The minimum absolute atomic E-state index is 0.127. The predicted octanol–water partition coefficient (Wildman–Crippen LogP) is 1.16. The van der Waals surface area contributed by atoms with Gasteiger partial charge in [-0.15, -0.1) is 0 Å². The topological polar surface area (TPSA) is 109 Å². The number of guanidine groups is 2. The standard InChI is InChI=1S/C16H24N6O/c1-2-20-14(23)13-7-5-6-12(10-13)11-22(15(17)18)16(19)21-8-3-4-9-21/h5-7,10,19H,2-4,8-9,11H2,1H3,(H3,17,18)(H,20,23). The molecule has 124 valence electrons. The van der Waals surface area contributed by atoms with Crippen molar-refractivity contribution in [2.45, 2.75) is 26.3 Å². The number of amides is 1. The second-order valence-electron chi connectivity index (χ2n) is 5.55. The van der Waals surface area contributed by atoms with Crippen LogP contribution in [0.3, 0.4) is 0 Å². The molecule has 0 saturated carbocycles. The van der Waals surface area contributed by atoms with Gasteiger partial charge in [-0.2, -0.15) is 0 Å². The van der Waals surface area contributed by atoms with Crippen molar-refractivity contribution in [1.82, 2.24) is 15.1 Å². The molecule has 0 aliphatic carbocycles. The van der Waals surface area contributed by atoms with E-state index in [1.807, 2.05) is 17.9 Å². The molecule has 7 nitrogen and oxygen atoms in total. The van der Waals surface area contributed by atoms with E-state index in [4.69, 9.17) is 16.6 Å². The van der Waals surface area contributed by atoms with Crippen molar-refractivity contribution in [2.75, 3.05) is 19.6 Å². The monoisotopic (exact) mass is 316 g/mol. The number of nitrogens with one attached hydrogen (secondary N) is 3. The molecule has 1 aromatic carbocycles. The molecule has 0 unspecified atom stereocenters. The number of hydrogen-bond acceptors (Lipinski definition) is 3. The van der Waals surface area contributed by atoms with Crippen LogP contribution in [-0.2, 0) is 6.54 Å². The number of carbonyl (C=O) groups excluding carboxylic acids is 1. The van der Waals surface area contributed by atoms with Gasteiger partial charge in [-0.1, -0.05) is 12.1 Å². The summed E-state index contributed by atoms with van der Waals surface area (Å²) in [6.45, 7) is 4.39. The van der Waals surface area contributed by atoms with Crippen molar-refractivity contribution in [3.63, 3.8) is 0 Å². The first-order valence-electron chi connectivity index (χ1n) is 7.85. The first-order chi connectivity index (χ1) is 11.0. The summed E-state index contributed by atoms with van der Waals surface area (Å²) in [7, 11) is 0. The van der Waals surface area contributed by atoms with Gasteiger partial charge >= 0.3 is 0 Å². The molecule has 0 atom stereocenters. The lowest BCUT2D eigenvalue weighted by molar-refractivity contribution is 0.0955. The van der Waals surface area contributed by atoms with E-state index in [0.29, 0.717) is 18.7 Å². The molecule has 7 heteroatoms. The molecule has 1 aliphatic rings. The summed E-state index contributed by atoms with van der Waals surface area (Å²) in [6.07, 6.45) is 2.11. The normalized spacial score (nSPS) is 13.7. The molecule has 1 saturated heterocycles. The lowest BCUT2D eigenvalue weighted by Crippen LogP contribution is -2.48. The number of nitrogens with zero attached hydrogens (tertiary/aromatic N) is 2. The minimum atomic E-state index is -0.162. The van der Waals surface area contributed by atoms with Crippen molar-refractivity contribution in [1.29, 1.82) is 10.8 Å². The summed E-state index contributed by atoms with van der Waals surface area (Å²) in [5.41, 5.74) is 7.07. The van der Waals surface area contributed by atoms with Crippen LogP contribution >= 0.6 is 0 Å². The summed E-state index contributed by atoms with van der Waals surface area (Å²) < 4.78 is 0. The van der Waals surface area contributed by atoms with Crippen molar-refractivity contribution in [2.24, 2.45) is 5.73 Å². The lowest BCUT2D eigenvalue weighted by atomic mass is 10.1. The molecule has 23 heavy (non-hydrogen) atoms. The second-order valence-corrected chi connectivity index (χ2v) is 5.55. The largest absolute Gasteiger partial charge is 0.370 e. The van der Waals surface area contributed by atoms with Crippen LogP contribution in [0.25, 0.3) is 0 Å². The third kappa shape index (κ3) is 4.21. The number of nitrogens with two attached hydrogens (primary N) is 1. The molecule has 0 radical (unpaired) electrons. The van der Waals surface area contributed by atoms with Crippen molar-refractivity contribution in [3.8, 4) is 0 Å². The summed E-state index contributed by atoms with van der Waals surface area (Å²) in [6, 6.07) is 7.20. The van der Waals surface area contributed by atoms with E-state index < -0.39 is 0 Å². The summed E-state index contributed by atoms with van der Waals surface area (Å²) in [5, 5.41) is 18.8. The van der Waals surface area contributed by atoms with Gasteiger partial charge in [-0.25, -0.2) is 0 Å². The third-order valence-corrected chi connectivity index (χ3v) is 3.82. The fourth-order valence-corrected chi connectivity index (χ4v) is 2.63. The van der Waals surface area contributed by atoms with E-state index >= 15 is 0 Å². The smallest absolute Gasteiger partial charge is 0.251 e. The number of hydrogen-bond donors (Lipinski definition) is 4. The Labute approximate surface area is 136 Å². The maximum Gasteiger partial charge on any atom is 0.251 e. The van der Waals surface area contributed by atoms with Gasteiger partial charge in [0.2, 0.25) is 5.96 Å². The van der Waals surface area contributed by atoms with Crippen LogP contribution in [0.1, 0.15) is 35.7 Å². The Hall–Kier alpha value is -2.57. The highest BCUT2D eigenvalue weighted by atomic mass is 16.1.